The van der Waals surface area contributed by atoms with Crippen molar-refractivity contribution in [3.63, 3.8) is 0 Å². The van der Waals surface area contributed by atoms with Crippen molar-refractivity contribution in [1.29, 1.82) is 0 Å². The van der Waals surface area contributed by atoms with E-state index in [0.29, 0.717) is 17.7 Å². The number of nitrogens with one attached hydrogen (secondary N) is 1. The van der Waals surface area contributed by atoms with Crippen LogP contribution >= 0.6 is 0 Å². The molecular formula is C13H17NO5S. The van der Waals surface area contributed by atoms with Crippen LogP contribution in [0.4, 0.5) is 5.69 Å². The summed E-state index contributed by atoms with van der Waals surface area (Å²) in [5, 5.41) is 11.3. The van der Waals surface area contributed by atoms with Gasteiger partial charge in [-0.05, 0) is 18.1 Å². The number of hydrogen-bond donors (Lipinski definition) is 2. The fourth-order valence-corrected chi connectivity index (χ4v) is 2.15. The molecule has 0 heterocycles. The number of carbonyl (C=O) groups excluding carboxylic acids is 1. The summed E-state index contributed by atoms with van der Waals surface area (Å²) in [4.78, 5) is 22.2. The molecule has 0 bridgehead atoms. The van der Waals surface area contributed by atoms with Gasteiger partial charge in [-0.1, -0.05) is 18.2 Å². The molecular weight excluding hydrogens is 282 g/mol. The first-order chi connectivity index (χ1) is 9.28. The number of hydrogen-bond acceptors (Lipinski definition) is 4. The van der Waals surface area contributed by atoms with Gasteiger partial charge in [0, 0.05) is 24.8 Å². The largest absolute Gasteiger partial charge is 0.481 e. The van der Waals surface area contributed by atoms with Crippen LogP contribution < -0.4 is 5.32 Å². The summed E-state index contributed by atoms with van der Waals surface area (Å²) in [7, 11) is -3.18. The Morgan fingerprint density at radius 1 is 1.20 bits per heavy atom. The molecule has 0 radical (unpaired) electrons. The average molecular weight is 299 g/mol. The lowest BCUT2D eigenvalue weighted by Crippen LogP contribution is -2.17. The van der Waals surface area contributed by atoms with Crippen LogP contribution in [0.5, 0.6) is 0 Å². The van der Waals surface area contributed by atoms with Crippen LogP contribution in [0.1, 0.15) is 18.4 Å². The molecule has 7 heteroatoms. The van der Waals surface area contributed by atoms with E-state index in [4.69, 9.17) is 5.11 Å². The predicted molar refractivity (Wildman–Crippen MR) is 75.4 cm³/mol. The van der Waals surface area contributed by atoms with Crippen LogP contribution in [0.15, 0.2) is 24.3 Å². The van der Waals surface area contributed by atoms with Gasteiger partial charge in [-0.2, -0.15) is 0 Å². The van der Waals surface area contributed by atoms with Gasteiger partial charge in [0.2, 0.25) is 5.91 Å². The minimum Gasteiger partial charge on any atom is -0.481 e. The van der Waals surface area contributed by atoms with Crippen molar-refractivity contribution < 1.29 is 23.1 Å². The molecule has 0 aliphatic rings. The fourth-order valence-electron chi connectivity index (χ4n) is 1.59. The molecule has 0 spiro atoms. The number of sulfone groups is 1. The zero-order chi connectivity index (χ0) is 15.2. The second-order valence-corrected chi connectivity index (χ2v) is 6.74. The maximum absolute atomic E-state index is 11.7. The molecule has 0 saturated heterocycles. The van der Waals surface area contributed by atoms with Gasteiger partial charge in [-0.15, -0.1) is 0 Å². The lowest BCUT2D eigenvalue weighted by molar-refractivity contribution is -0.136. The third kappa shape index (κ3) is 6.33. The summed E-state index contributed by atoms with van der Waals surface area (Å²) < 4.78 is 22.0. The minimum atomic E-state index is -3.18. The van der Waals surface area contributed by atoms with Crippen LogP contribution in [0.3, 0.4) is 0 Å². The molecule has 1 rings (SSSR count). The van der Waals surface area contributed by atoms with E-state index in [1.165, 1.54) is 0 Å². The van der Waals surface area contributed by atoms with E-state index in [2.05, 4.69) is 5.32 Å². The van der Waals surface area contributed by atoms with Crippen LogP contribution in [0, 0.1) is 0 Å². The number of carboxylic acid groups (broad SMARTS) is 1. The molecule has 0 atom stereocenters. The third-order valence-electron chi connectivity index (χ3n) is 2.60. The van der Waals surface area contributed by atoms with E-state index < -0.39 is 21.7 Å². The summed E-state index contributed by atoms with van der Waals surface area (Å²) in [5.74, 6) is -1.53. The number of carboxylic acids is 1. The molecule has 0 aliphatic carbocycles. The van der Waals surface area contributed by atoms with Crippen molar-refractivity contribution in [3.05, 3.63) is 29.8 Å². The highest BCUT2D eigenvalue weighted by atomic mass is 32.2. The molecule has 1 aromatic carbocycles. The van der Waals surface area contributed by atoms with Crippen LogP contribution in [-0.4, -0.2) is 37.4 Å². The van der Waals surface area contributed by atoms with Gasteiger partial charge in [-0.25, -0.2) is 8.42 Å². The maximum atomic E-state index is 11.7. The first-order valence-electron chi connectivity index (χ1n) is 6.05. The number of benzene rings is 1. The van der Waals surface area contributed by atoms with Crippen molar-refractivity contribution in [2.75, 3.05) is 17.3 Å². The lowest BCUT2D eigenvalue weighted by Gasteiger charge is -2.10. The molecule has 0 saturated carbocycles. The first-order valence-corrected chi connectivity index (χ1v) is 8.11. The number of aliphatic carboxylic acids is 1. The normalized spacial score (nSPS) is 11.1. The van der Waals surface area contributed by atoms with Gasteiger partial charge < -0.3 is 10.4 Å². The number of aryl methyl sites for hydroxylation is 1. The smallest absolute Gasteiger partial charge is 0.303 e. The second kappa shape index (κ2) is 7.04. The average Bonchev–Trinajstić information content (AvgIpc) is 2.34. The highest BCUT2D eigenvalue weighted by molar-refractivity contribution is 7.90. The van der Waals surface area contributed by atoms with Crippen LogP contribution in [-0.2, 0) is 25.8 Å². The molecule has 0 aliphatic heterocycles. The highest BCUT2D eigenvalue weighted by Crippen LogP contribution is 2.17. The Morgan fingerprint density at radius 3 is 2.45 bits per heavy atom. The summed E-state index contributed by atoms with van der Waals surface area (Å²) in [6, 6.07) is 6.87. The van der Waals surface area contributed by atoms with Gasteiger partial charge in [-0.3, -0.25) is 9.59 Å². The number of anilines is 1. The lowest BCUT2D eigenvalue weighted by atomic mass is 10.1. The van der Waals surface area contributed by atoms with E-state index in [1.54, 1.807) is 24.3 Å². The minimum absolute atomic E-state index is 0.0315. The van der Waals surface area contributed by atoms with Crippen molar-refractivity contribution in [2.45, 2.75) is 19.3 Å². The zero-order valence-corrected chi connectivity index (χ0v) is 11.9. The third-order valence-corrected chi connectivity index (χ3v) is 3.55. The Hall–Kier alpha value is -1.89. The number of carbonyl (C=O) groups is 2. The van der Waals surface area contributed by atoms with Crippen molar-refractivity contribution in [3.8, 4) is 0 Å². The zero-order valence-electron chi connectivity index (χ0n) is 11.1. The van der Waals surface area contributed by atoms with Crippen LogP contribution in [0.25, 0.3) is 0 Å². The SMILES string of the molecule is CS(=O)(=O)CCC(=O)Nc1ccccc1CCC(=O)O. The molecule has 1 amide bonds. The molecule has 6 nitrogen and oxygen atoms in total. The second-order valence-electron chi connectivity index (χ2n) is 4.48. The summed E-state index contributed by atoms with van der Waals surface area (Å²) in [6.45, 7) is 0. The fraction of sp³-hybridized carbons (Fsp3) is 0.385. The summed E-state index contributed by atoms with van der Waals surface area (Å²) in [6.07, 6.45) is 1.22. The Bertz CT molecular complexity index is 595. The summed E-state index contributed by atoms with van der Waals surface area (Å²) >= 11 is 0. The highest BCUT2D eigenvalue weighted by Gasteiger charge is 2.10. The Labute approximate surface area is 117 Å². The Kier molecular flexibility index (Phi) is 5.69. The van der Waals surface area contributed by atoms with E-state index in [1.807, 2.05) is 0 Å². The molecule has 0 fully saturated rings. The van der Waals surface area contributed by atoms with E-state index >= 15 is 0 Å². The van der Waals surface area contributed by atoms with Gasteiger partial charge in [0.05, 0.1) is 5.75 Å². The first kappa shape index (κ1) is 16.2. The van der Waals surface area contributed by atoms with Gasteiger partial charge in [0.1, 0.15) is 9.84 Å². The van der Waals surface area contributed by atoms with E-state index in [0.717, 1.165) is 6.26 Å². The Morgan fingerprint density at radius 2 is 1.85 bits per heavy atom. The number of rotatable bonds is 7. The Balaban J connectivity index is 2.67. The van der Waals surface area contributed by atoms with Crippen molar-refractivity contribution in [1.82, 2.24) is 0 Å². The predicted octanol–water partition coefficient (Wildman–Crippen LogP) is 1.08. The quantitative estimate of drug-likeness (QED) is 0.784. The molecule has 0 aromatic heterocycles. The van der Waals surface area contributed by atoms with Gasteiger partial charge in [0.15, 0.2) is 0 Å². The monoisotopic (exact) mass is 299 g/mol. The van der Waals surface area contributed by atoms with E-state index in [-0.39, 0.29) is 18.6 Å². The number of para-hydroxylation sites is 1. The van der Waals surface area contributed by atoms with Crippen molar-refractivity contribution in [2.24, 2.45) is 0 Å². The maximum Gasteiger partial charge on any atom is 0.303 e. The molecule has 2 N–H and O–H groups in total. The standard InChI is InChI=1S/C13H17NO5S/c1-20(18,19)9-8-12(15)14-11-5-3-2-4-10(11)6-7-13(16)17/h2-5H,6-9H2,1H3,(H,14,15)(H,16,17). The molecule has 110 valence electrons. The van der Waals surface area contributed by atoms with Crippen LogP contribution in [0.2, 0.25) is 0 Å². The van der Waals surface area contributed by atoms with Crippen molar-refractivity contribution >= 4 is 27.4 Å². The molecule has 1 aromatic rings. The summed E-state index contributed by atoms with van der Waals surface area (Å²) in [5.41, 5.74) is 1.23. The van der Waals surface area contributed by atoms with Gasteiger partial charge in [0.25, 0.3) is 0 Å². The topological polar surface area (TPSA) is 101 Å². The number of amides is 1. The molecule has 20 heavy (non-hydrogen) atoms. The molecule has 0 unspecified atom stereocenters. The van der Waals surface area contributed by atoms with E-state index in [9.17, 15) is 18.0 Å². The van der Waals surface area contributed by atoms with Gasteiger partial charge >= 0.3 is 5.97 Å².